The summed E-state index contributed by atoms with van der Waals surface area (Å²) in [5.41, 5.74) is -0.284. The number of hydrogen-bond donors (Lipinski definition) is 1. The molecular weight excluding hydrogens is 218 g/mol. The molecule has 76 valence electrons. The van der Waals surface area contributed by atoms with E-state index in [1.807, 2.05) is 0 Å². The Morgan fingerprint density at radius 2 is 1.87 bits per heavy atom. The zero-order valence-corrected chi connectivity index (χ0v) is 8.23. The first-order valence-electron chi connectivity index (χ1n) is 4.16. The van der Waals surface area contributed by atoms with Crippen molar-refractivity contribution < 1.29 is 10.0 Å². The second-order valence-corrected chi connectivity index (χ2v) is 3.41. The Balaban J connectivity index is 2.90. The van der Waals surface area contributed by atoms with Crippen LogP contribution in [0.5, 0.6) is 5.75 Å². The molecular formula is C10H6ClNO3. The highest BCUT2D eigenvalue weighted by atomic mass is 35.5. The Kier molecular flexibility index (Phi) is 2.21. The largest absolute Gasteiger partial charge is 0.507 e. The van der Waals surface area contributed by atoms with Gasteiger partial charge in [-0.05, 0) is 0 Å². The number of nitro groups is 1. The normalized spacial score (nSPS) is 10.5. The van der Waals surface area contributed by atoms with Gasteiger partial charge in [-0.2, -0.15) is 0 Å². The van der Waals surface area contributed by atoms with Gasteiger partial charge in [0.05, 0.1) is 11.0 Å². The van der Waals surface area contributed by atoms with E-state index in [4.69, 9.17) is 11.6 Å². The van der Waals surface area contributed by atoms with Crippen LogP contribution in [0.3, 0.4) is 0 Å². The number of nitrogens with zero attached hydrogens (tertiary/aromatic N) is 1. The summed E-state index contributed by atoms with van der Waals surface area (Å²) in [6.07, 6.45) is 0. The number of aromatic hydroxyl groups is 1. The lowest BCUT2D eigenvalue weighted by molar-refractivity contribution is -0.384. The molecule has 2 aromatic rings. The van der Waals surface area contributed by atoms with E-state index < -0.39 is 4.92 Å². The third-order valence-electron chi connectivity index (χ3n) is 2.13. The Labute approximate surface area is 89.9 Å². The zero-order valence-electron chi connectivity index (χ0n) is 7.48. The van der Waals surface area contributed by atoms with Crippen LogP contribution in [0.1, 0.15) is 0 Å². The second-order valence-electron chi connectivity index (χ2n) is 3.03. The highest BCUT2D eigenvalue weighted by molar-refractivity contribution is 6.38. The minimum Gasteiger partial charge on any atom is -0.507 e. The van der Waals surface area contributed by atoms with Crippen LogP contribution >= 0.6 is 11.6 Å². The number of fused-ring (bicyclic) bond motifs is 1. The zero-order chi connectivity index (χ0) is 11.0. The molecule has 0 amide bonds. The molecule has 0 radical (unpaired) electrons. The van der Waals surface area contributed by atoms with Crippen LogP contribution in [0.25, 0.3) is 10.8 Å². The summed E-state index contributed by atoms with van der Waals surface area (Å²) in [5, 5.41) is 21.2. The SMILES string of the molecule is O=[N+]([O-])c1cc(O)c2ccccc2c1Cl. The average molecular weight is 224 g/mol. The first kappa shape index (κ1) is 9.73. The van der Waals surface area contributed by atoms with E-state index in [1.165, 1.54) is 0 Å². The van der Waals surface area contributed by atoms with Gasteiger partial charge in [-0.15, -0.1) is 0 Å². The van der Waals surface area contributed by atoms with Gasteiger partial charge in [0, 0.05) is 10.8 Å². The van der Waals surface area contributed by atoms with Crippen LogP contribution in [0.4, 0.5) is 5.69 Å². The molecule has 0 aliphatic heterocycles. The van der Waals surface area contributed by atoms with Gasteiger partial charge < -0.3 is 5.11 Å². The van der Waals surface area contributed by atoms with Crippen molar-refractivity contribution in [2.45, 2.75) is 0 Å². The minimum absolute atomic E-state index is 0.0494. The predicted octanol–water partition coefficient (Wildman–Crippen LogP) is 3.11. The summed E-state index contributed by atoms with van der Waals surface area (Å²) in [7, 11) is 0. The number of halogens is 1. The maximum Gasteiger partial charge on any atom is 0.292 e. The molecule has 0 saturated heterocycles. The van der Waals surface area contributed by atoms with E-state index in [2.05, 4.69) is 0 Å². The van der Waals surface area contributed by atoms with E-state index in [-0.39, 0.29) is 16.5 Å². The summed E-state index contributed by atoms with van der Waals surface area (Å²) >= 11 is 5.86. The van der Waals surface area contributed by atoms with Crippen LogP contribution in [0.15, 0.2) is 30.3 Å². The van der Waals surface area contributed by atoms with E-state index in [0.717, 1.165) is 6.07 Å². The lowest BCUT2D eigenvalue weighted by Gasteiger charge is -2.03. The molecule has 2 rings (SSSR count). The van der Waals surface area contributed by atoms with Crippen LogP contribution < -0.4 is 0 Å². The molecule has 0 aliphatic carbocycles. The summed E-state index contributed by atoms with van der Waals surface area (Å²) < 4.78 is 0. The quantitative estimate of drug-likeness (QED) is 0.597. The van der Waals surface area contributed by atoms with Crippen molar-refractivity contribution in [2.24, 2.45) is 0 Å². The van der Waals surface area contributed by atoms with Crippen molar-refractivity contribution in [3.05, 3.63) is 45.5 Å². The van der Waals surface area contributed by atoms with Gasteiger partial charge in [0.25, 0.3) is 5.69 Å². The predicted molar refractivity (Wildman–Crippen MR) is 57.3 cm³/mol. The number of phenolic OH excluding ortho intramolecular Hbond substituents is 1. The minimum atomic E-state index is -0.617. The number of benzene rings is 2. The molecule has 0 bridgehead atoms. The molecule has 2 aromatic carbocycles. The molecule has 0 unspecified atom stereocenters. The van der Waals surface area contributed by atoms with Gasteiger partial charge in [0.15, 0.2) is 0 Å². The molecule has 0 heterocycles. The van der Waals surface area contributed by atoms with Crippen LogP contribution in [-0.4, -0.2) is 10.0 Å². The average Bonchev–Trinajstić information content (AvgIpc) is 2.23. The molecule has 0 saturated carbocycles. The highest BCUT2D eigenvalue weighted by Crippen LogP contribution is 2.37. The molecule has 15 heavy (non-hydrogen) atoms. The van der Waals surface area contributed by atoms with Gasteiger partial charge in [-0.25, -0.2) is 0 Å². The molecule has 0 fully saturated rings. The van der Waals surface area contributed by atoms with Crippen LogP contribution in [0.2, 0.25) is 5.02 Å². The summed E-state index contributed by atoms with van der Waals surface area (Å²) in [4.78, 5) is 10.0. The van der Waals surface area contributed by atoms with Crippen molar-refractivity contribution in [1.82, 2.24) is 0 Å². The van der Waals surface area contributed by atoms with Gasteiger partial charge in [-0.1, -0.05) is 35.9 Å². The van der Waals surface area contributed by atoms with Crippen LogP contribution in [-0.2, 0) is 0 Å². The van der Waals surface area contributed by atoms with Crippen LogP contribution in [0, 0.1) is 10.1 Å². The number of hydrogen-bond acceptors (Lipinski definition) is 3. The molecule has 4 nitrogen and oxygen atoms in total. The molecule has 0 aliphatic rings. The molecule has 0 aromatic heterocycles. The molecule has 0 spiro atoms. The van der Waals surface area contributed by atoms with Crippen molar-refractivity contribution >= 4 is 28.1 Å². The third kappa shape index (κ3) is 1.49. The summed E-state index contributed by atoms with van der Waals surface area (Å²) in [6.45, 7) is 0. The van der Waals surface area contributed by atoms with Crippen molar-refractivity contribution in [3.63, 3.8) is 0 Å². The summed E-state index contributed by atoms with van der Waals surface area (Å²) in [6, 6.07) is 7.77. The van der Waals surface area contributed by atoms with E-state index in [9.17, 15) is 15.2 Å². The fraction of sp³-hybridized carbons (Fsp3) is 0. The first-order valence-corrected chi connectivity index (χ1v) is 4.53. The van der Waals surface area contributed by atoms with Crippen molar-refractivity contribution in [1.29, 1.82) is 0 Å². The number of nitro benzene ring substituents is 1. The Morgan fingerprint density at radius 3 is 2.47 bits per heavy atom. The topological polar surface area (TPSA) is 63.4 Å². The maximum atomic E-state index is 10.6. The Hall–Kier alpha value is -1.81. The third-order valence-corrected chi connectivity index (χ3v) is 2.53. The Morgan fingerprint density at radius 1 is 1.27 bits per heavy atom. The smallest absolute Gasteiger partial charge is 0.292 e. The fourth-order valence-corrected chi connectivity index (χ4v) is 1.73. The first-order chi connectivity index (χ1) is 7.11. The maximum absolute atomic E-state index is 10.6. The van der Waals surface area contributed by atoms with Gasteiger partial charge in [0.2, 0.25) is 0 Å². The fourth-order valence-electron chi connectivity index (χ4n) is 1.44. The monoisotopic (exact) mass is 223 g/mol. The number of phenols is 1. The molecule has 0 atom stereocenters. The van der Waals surface area contributed by atoms with Crippen molar-refractivity contribution in [3.8, 4) is 5.75 Å². The highest BCUT2D eigenvalue weighted by Gasteiger charge is 2.17. The molecule has 5 heteroatoms. The van der Waals surface area contributed by atoms with E-state index in [1.54, 1.807) is 24.3 Å². The van der Waals surface area contributed by atoms with Gasteiger partial charge in [-0.3, -0.25) is 10.1 Å². The lowest BCUT2D eigenvalue weighted by Crippen LogP contribution is -1.90. The second kappa shape index (κ2) is 3.40. The van der Waals surface area contributed by atoms with E-state index >= 15 is 0 Å². The lowest BCUT2D eigenvalue weighted by atomic mass is 10.1. The summed E-state index contributed by atoms with van der Waals surface area (Å²) in [5.74, 6) is -0.137. The number of rotatable bonds is 1. The molecule has 1 N–H and O–H groups in total. The van der Waals surface area contributed by atoms with E-state index in [0.29, 0.717) is 10.8 Å². The Bertz CT molecular complexity index is 554. The van der Waals surface area contributed by atoms with Crippen molar-refractivity contribution in [2.75, 3.05) is 0 Å². The van der Waals surface area contributed by atoms with Gasteiger partial charge >= 0.3 is 0 Å². The standard InChI is InChI=1S/C10H6ClNO3/c11-10-7-4-2-1-3-6(7)9(13)5-8(10)12(14)15/h1-5,13H. The van der Waals surface area contributed by atoms with Gasteiger partial charge in [0.1, 0.15) is 10.8 Å².